The number of hydrogen-bond acceptors (Lipinski definition) is 4. The van der Waals surface area contributed by atoms with Crippen LogP contribution in [-0.4, -0.2) is 33.4 Å². The number of nitrogens with one attached hydrogen (secondary N) is 1. The molecular formula is C13H19BrN2O2S. The Bertz CT molecular complexity index is 425. The van der Waals surface area contributed by atoms with Crippen molar-refractivity contribution >= 4 is 33.7 Å². The molecule has 1 heterocycles. The number of carboxylic acids is 1. The normalized spacial score (nSPS) is 14.4. The quantitative estimate of drug-likeness (QED) is 0.742. The number of thioether (sulfide) groups is 1. The van der Waals surface area contributed by atoms with Crippen LogP contribution in [-0.2, 0) is 4.79 Å². The molecule has 1 atom stereocenters. The van der Waals surface area contributed by atoms with Crippen molar-refractivity contribution in [2.45, 2.75) is 43.8 Å². The number of aliphatic carboxylic acids is 1. The van der Waals surface area contributed by atoms with Gasteiger partial charge in [0.1, 0.15) is 5.54 Å². The Morgan fingerprint density at radius 1 is 1.58 bits per heavy atom. The summed E-state index contributed by atoms with van der Waals surface area (Å²) in [5.41, 5.74) is -0.892. The Kier molecular flexibility index (Phi) is 6.29. The minimum atomic E-state index is -0.892. The molecule has 1 aromatic rings. The van der Waals surface area contributed by atoms with Gasteiger partial charge in [-0.25, -0.2) is 4.98 Å². The van der Waals surface area contributed by atoms with E-state index in [0.717, 1.165) is 9.50 Å². The van der Waals surface area contributed by atoms with Crippen LogP contribution in [0.15, 0.2) is 27.8 Å². The molecule has 1 rings (SSSR count). The van der Waals surface area contributed by atoms with Crippen LogP contribution in [0.3, 0.4) is 0 Å². The first-order valence-corrected chi connectivity index (χ1v) is 7.87. The molecule has 0 radical (unpaired) electrons. The van der Waals surface area contributed by atoms with E-state index < -0.39 is 11.5 Å². The second kappa shape index (κ2) is 7.26. The van der Waals surface area contributed by atoms with Gasteiger partial charge in [0.15, 0.2) is 0 Å². The molecule has 0 saturated heterocycles. The molecule has 6 heteroatoms. The molecule has 4 nitrogen and oxygen atoms in total. The smallest absolute Gasteiger partial charge is 0.323 e. The van der Waals surface area contributed by atoms with Gasteiger partial charge in [-0.2, -0.15) is 0 Å². The van der Waals surface area contributed by atoms with Crippen molar-refractivity contribution < 1.29 is 9.90 Å². The van der Waals surface area contributed by atoms with E-state index in [0.29, 0.717) is 12.2 Å². The van der Waals surface area contributed by atoms with Crippen LogP contribution >= 0.6 is 27.7 Å². The molecule has 0 aliphatic rings. The average molecular weight is 347 g/mol. The van der Waals surface area contributed by atoms with E-state index in [-0.39, 0.29) is 6.04 Å². The summed E-state index contributed by atoms with van der Waals surface area (Å²) in [4.78, 5) is 15.6. The summed E-state index contributed by atoms with van der Waals surface area (Å²) in [5.74, 6) is -0.109. The maximum absolute atomic E-state index is 11.4. The van der Waals surface area contributed by atoms with Crippen molar-refractivity contribution in [3.63, 3.8) is 0 Å². The molecule has 0 aromatic carbocycles. The molecule has 106 valence electrons. The zero-order valence-corrected chi connectivity index (χ0v) is 13.7. The van der Waals surface area contributed by atoms with Crippen molar-refractivity contribution in [1.29, 1.82) is 0 Å². The number of aromatic nitrogens is 1. The highest BCUT2D eigenvalue weighted by molar-refractivity contribution is 9.10. The second-order valence-corrected chi connectivity index (χ2v) is 6.88. The fourth-order valence-corrected chi connectivity index (χ4v) is 2.93. The van der Waals surface area contributed by atoms with Gasteiger partial charge in [-0.15, -0.1) is 11.8 Å². The third-order valence-electron chi connectivity index (χ3n) is 2.63. The third-order valence-corrected chi connectivity index (χ3v) is 4.05. The van der Waals surface area contributed by atoms with Crippen molar-refractivity contribution in [2.75, 3.05) is 5.75 Å². The molecule has 0 fully saturated rings. The summed E-state index contributed by atoms with van der Waals surface area (Å²) in [5, 5.41) is 13.3. The zero-order chi connectivity index (χ0) is 14.5. The second-order valence-electron chi connectivity index (χ2n) is 4.85. The molecule has 0 spiro atoms. The molecule has 0 bridgehead atoms. The first-order chi connectivity index (χ1) is 8.83. The predicted molar refractivity (Wildman–Crippen MR) is 81.6 cm³/mol. The third kappa shape index (κ3) is 5.50. The number of carboxylic acid groups (broad SMARTS) is 1. The van der Waals surface area contributed by atoms with E-state index in [1.54, 1.807) is 24.9 Å². The van der Waals surface area contributed by atoms with Gasteiger partial charge >= 0.3 is 5.97 Å². The van der Waals surface area contributed by atoms with E-state index >= 15 is 0 Å². The van der Waals surface area contributed by atoms with Gasteiger partial charge in [0, 0.05) is 22.5 Å². The highest BCUT2D eigenvalue weighted by Crippen LogP contribution is 2.22. The van der Waals surface area contributed by atoms with E-state index in [1.807, 2.05) is 26.0 Å². The zero-order valence-electron chi connectivity index (χ0n) is 11.3. The maximum Gasteiger partial charge on any atom is 0.323 e. The van der Waals surface area contributed by atoms with Gasteiger partial charge in [0.25, 0.3) is 0 Å². The summed E-state index contributed by atoms with van der Waals surface area (Å²) in [6.07, 6.45) is 2.29. The minimum absolute atomic E-state index is 0.136. The van der Waals surface area contributed by atoms with Crippen LogP contribution < -0.4 is 5.32 Å². The first kappa shape index (κ1) is 16.5. The summed E-state index contributed by atoms with van der Waals surface area (Å²) >= 11 is 4.90. The van der Waals surface area contributed by atoms with Gasteiger partial charge in [0.05, 0.1) is 5.03 Å². The number of carbonyl (C=O) groups is 1. The van der Waals surface area contributed by atoms with Crippen LogP contribution in [0.4, 0.5) is 0 Å². The first-order valence-electron chi connectivity index (χ1n) is 6.09. The van der Waals surface area contributed by atoms with E-state index in [4.69, 9.17) is 0 Å². The molecule has 0 aliphatic carbocycles. The summed E-state index contributed by atoms with van der Waals surface area (Å²) in [6.45, 7) is 5.63. The minimum Gasteiger partial charge on any atom is -0.480 e. The summed E-state index contributed by atoms with van der Waals surface area (Å²) < 4.78 is 0.939. The Morgan fingerprint density at radius 2 is 2.26 bits per heavy atom. The standard InChI is InChI=1S/C13H19BrN2O2S/c1-9(2)16-13(3,12(17)18)6-7-19-11-5-4-10(14)8-15-11/h4-5,8-9,16H,6-7H2,1-3H3,(H,17,18). The van der Waals surface area contributed by atoms with Crippen LogP contribution in [0.5, 0.6) is 0 Å². The molecule has 19 heavy (non-hydrogen) atoms. The van der Waals surface area contributed by atoms with Crippen LogP contribution in [0.25, 0.3) is 0 Å². The largest absolute Gasteiger partial charge is 0.480 e. The lowest BCUT2D eigenvalue weighted by Gasteiger charge is -2.28. The number of pyridine rings is 1. The van der Waals surface area contributed by atoms with E-state index in [2.05, 4.69) is 26.2 Å². The van der Waals surface area contributed by atoms with Crippen LogP contribution in [0.2, 0.25) is 0 Å². The molecule has 0 amide bonds. The monoisotopic (exact) mass is 346 g/mol. The molecule has 0 saturated carbocycles. The molecular weight excluding hydrogens is 328 g/mol. The molecule has 0 aliphatic heterocycles. The average Bonchev–Trinajstić information content (AvgIpc) is 2.30. The van der Waals surface area contributed by atoms with Crippen molar-refractivity contribution in [3.05, 3.63) is 22.8 Å². The van der Waals surface area contributed by atoms with Crippen molar-refractivity contribution in [2.24, 2.45) is 0 Å². The van der Waals surface area contributed by atoms with E-state index in [1.165, 1.54) is 0 Å². The Labute approximate surface area is 126 Å². The molecule has 1 aromatic heterocycles. The predicted octanol–water partition coefficient (Wildman–Crippen LogP) is 3.17. The lowest BCUT2D eigenvalue weighted by molar-refractivity contribution is -0.144. The van der Waals surface area contributed by atoms with Gasteiger partial charge in [-0.1, -0.05) is 0 Å². The summed E-state index contributed by atoms with van der Waals surface area (Å²) in [6, 6.07) is 3.98. The van der Waals surface area contributed by atoms with Crippen LogP contribution in [0, 0.1) is 0 Å². The topological polar surface area (TPSA) is 62.2 Å². The maximum atomic E-state index is 11.4. The number of halogens is 1. The van der Waals surface area contributed by atoms with Gasteiger partial charge in [0.2, 0.25) is 0 Å². The number of rotatable bonds is 7. The number of hydrogen-bond donors (Lipinski definition) is 2. The van der Waals surface area contributed by atoms with Crippen molar-refractivity contribution in [1.82, 2.24) is 10.3 Å². The Balaban J connectivity index is 2.53. The Morgan fingerprint density at radius 3 is 2.74 bits per heavy atom. The van der Waals surface area contributed by atoms with Gasteiger partial charge in [-0.3, -0.25) is 10.1 Å². The molecule has 1 unspecified atom stereocenters. The Hall–Kier alpha value is -0.590. The fourth-order valence-electron chi connectivity index (χ4n) is 1.69. The van der Waals surface area contributed by atoms with Gasteiger partial charge < -0.3 is 5.11 Å². The number of nitrogens with zero attached hydrogens (tertiary/aromatic N) is 1. The van der Waals surface area contributed by atoms with Crippen LogP contribution in [0.1, 0.15) is 27.2 Å². The lowest BCUT2D eigenvalue weighted by atomic mass is 9.98. The lowest BCUT2D eigenvalue weighted by Crippen LogP contribution is -2.52. The molecule has 2 N–H and O–H groups in total. The fraction of sp³-hybridized carbons (Fsp3) is 0.538. The SMILES string of the molecule is CC(C)NC(C)(CCSc1ccc(Br)cn1)C(=O)O. The van der Waals surface area contributed by atoms with Gasteiger partial charge in [-0.05, 0) is 55.3 Å². The van der Waals surface area contributed by atoms with E-state index in [9.17, 15) is 9.90 Å². The highest BCUT2D eigenvalue weighted by Gasteiger charge is 2.32. The van der Waals surface area contributed by atoms with Crippen molar-refractivity contribution in [3.8, 4) is 0 Å². The highest BCUT2D eigenvalue weighted by atomic mass is 79.9. The summed E-state index contributed by atoms with van der Waals surface area (Å²) in [7, 11) is 0.